The van der Waals surface area contributed by atoms with Crippen LogP contribution in [-0.4, -0.2) is 18.5 Å². The van der Waals surface area contributed by atoms with Crippen molar-refractivity contribution in [3.8, 4) is 0 Å². The molecular formula is C25H32O4. The fraction of sp³-hybridized carbons (Fsp3) is 0.440. The van der Waals surface area contributed by atoms with Gasteiger partial charge in [-0.15, -0.1) is 0 Å². The second kappa shape index (κ2) is 12.1. The molecule has 2 aromatic carbocycles. The van der Waals surface area contributed by atoms with Gasteiger partial charge in [0, 0.05) is 0 Å². The average molecular weight is 397 g/mol. The van der Waals surface area contributed by atoms with Gasteiger partial charge in [0.15, 0.2) is 0 Å². The molecule has 0 bridgehead atoms. The van der Waals surface area contributed by atoms with Crippen LogP contribution >= 0.6 is 0 Å². The van der Waals surface area contributed by atoms with Crippen LogP contribution in [0.5, 0.6) is 0 Å². The maximum atomic E-state index is 12.7. The molecule has 0 N–H and O–H groups in total. The highest BCUT2D eigenvalue weighted by Gasteiger charge is 2.21. The van der Waals surface area contributed by atoms with Crippen LogP contribution in [0.3, 0.4) is 0 Å². The number of esters is 2. The summed E-state index contributed by atoms with van der Waals surface area (Å²) in [4.78, 5) is 25.2. The van der Waals surface area contributed by atoms with Gasteiger partial charge in [0.05, 0.1) is 17.7 Å². The van der Waals surface area contributed by atoms with E-state index in [0.29, 0.717) is 18.4 Å². The molecule has 0 spiro atoms. The van der Waals surface area contributed by atoms with Crippen molar-refractivity contribution in [3.63, 3.8) is 0 Å². The van der Waals surface area contributed by atoms with Crippen LogP contribution in [0.4, 0.5) is 0 Å². The zero-order valence-corrected chi connectivity index (χ0v) is 17.7. The molecule has 29 heavy (non-hydrogen) atoms. The van der Waals surface area contributed by atoms with Crippen LogP contribution in [0, 0.1) is 11.8 Å². The van der Waals surface area contributed by atoms with Crippen molar-refractivity contribution in [1.82, 2.24) is 0 Å². The zero-order valence-electron chi connectivity index (χ0n) is 17.7. The van der Waals surface area contributed by atoms with E-state index in [-0.39, 0.29) is 17.7 Å². The molecule has 0 aliphatic carbocycles. The van der Waals surface area contributed by atoms with E-state index in [1.54, 1.807) is 24.3 Å². The van der Waals surface area contributed by atoms with Gasteiger partial charge in [0.1, 0.15) is 6.61 Å². The quantitative estimate of drug-likeness (QED) is 0.434. The van der Waals surface area contributed by atoms with Gasteiger partial charge in [-0.2, -0.15) is 0 Å². The van der Waals surface area contributed by atoms with Crippen molar-refractivity contribution in [1.29, 1.82) is 0 Å². The summed E-state index contributed by atoms with van der Waals surface area (Å²) in [5.74, 6) is -0.0461. The lowest BCUT2D eigenvalue weighted by Crippen LogP contribution is -2.19. The van der Waals surface area contributed by atoms with E-state index in [9.17, 15) is 9.59 Å². The summed E-state index contributed by atoms with van der Waals surface area (Å²) in [6.07, 6.45) is 4.24. The third-order valence-electron chi connectivity index (χ3n) is 5.16. The molecule has 4 heteroatoms. The van der Waals surface area contributed by atoms with Gasteiger partial charge in [-0.05, 0) is 42.4 Å². The largest absolute Gasteiger partial charge is 0.462 e. The fourth-order valence-electron chi connectivity index (χ4n) is 3.32. The molecule has 2 unspecified atom stereocenters. The average Bonchev–Trinajstić information content (AvgIpc) is 2.76. The number of carbonyl (C=O) groups excluding carboxylic acids is 2. The molecule has 0 aliphatic rings. The van der Waals surface area contributed by atoms with Gasteiger partial charge in [0.25, 0.3) is 0 Å². The van der Waals surface area contributed by atoms with Gasteiger partial charge in [-0.1, -0.05) is 76.1 Å². The van der Waals surface area contributed by atoms with Gasteiger partial charge in [0.2, 0.25) is 0 Å². The summed E-state index contributed by atoms with van der Waals surface area (Å²) >= 11 is 0. The van der Waals surface area contributed by atoms with E-state index in [1.165, 1.54) is 0 Å². The number of ether oxygens (including phenoxy) is 2. The standard InChI is InChI=1S/C25H32O4/c1-4-11-21(16-19(3)5-2)18-29-25(27)23-15-10-9-14-22(23)24(26)28-17-20-12-7-6-8-13-20/h6-10,12-15,19,21H,4-5,11,16-18H2,1-3H3. The number of rotatable bonds is 11. The minimum Gasteiger partial charge on any atom is -0.462 e. The predicted molar refractivity (Wildman–Crippen MR) is 115 cm³/mol. The molecule has 0 saturated heterocycles. The fourth-order valence-corrected chi connectivity index (χ4v) is 3.32. The zero-order chi connectivity index (χ0) is 21.1. The number of hydrogen-bond acceptors (Lipinski definition) is 4. The van der Waals surface area contributed by atoms with Gasteiger partial charge < -0.3 is 9.47 Å². The minimum atomic E-state index is -0.522. The monoisotopic (exact) mass is 396 g/mol. The Labute approximate surface area is 174 Å². The Hall–Kier alpha value is -2.62. The van der Waals surface area contributed by atoms with E-state index in [4.69, 9.17) is 9.47 Å². The van der Waals surface area contributed by atoms with Crippen molar-refractivity contribution < 1.29 is 19.1 Å². The molecule has 0 amide bonds. The Morgan fingerprint density at radius 2 is 1.45 bits per heavy atom. The summed E-state index contributed by atoms with van der Waals surface area (Å²) in [6, 6.07) is 16.1. The predicted octanol–water partition coefficient (Wildman–Crippen LogP) is 6.05. The molecule has 2 rings (SSSR count). The first-order valence-corrected chi connectivity index (χ1v) is 10.5. The van der Waals surface area contributed by atoms with Crippen LogP contribution < -0.4 is 0 Å². The third kappa shape index (κ3) is 7.37. The second-order valence-corrected chi connectivity index (χ2v) is 7.61. The van der Waals surface area contributed by atoms with Crippen LogP contribution in [0.15, 0.2) is 54.6 Å². The van der Waals surface area contributed by atoms with Crippen LogP contribution in [0.25, 0.3) is 0 Å². The van der Waals surface area contributed by atoms with Gasteiger partial charge in [-0.3, -0.25) is 0 Å². The van der Waals surface area contributed by atoms with Crippen LogP contribution in [0.1, 0.15) is 72.7 Å². The molecule has 0 radical (unpaired) electrons. The second-order valence-electron chi connectivity index (χ2n) is 7.61. The normalized spacial score (nSPS) is 12.8. The maximum absolute atomic E-state index is 12.7. The number of benzene rings is 2. The van der Waals surface area contributed by atoms with E-state index < -0.39 is 11.9 Å². The minimum absolute atomic E-state index is 0.163. The summed E-state index contributed by atoms with van der Waals surface area (Å²) in [6.45, 7) is 7.09. The first-order valence-electron chi connectivity index (χ1n) is 10.5. The molecule has 2 atom stereocenters. The smallest absolute Gasteiger partial charge is 0.339 e. The summed E-state index contributed by atoms with van der Waals surface area (Å²) in [7, 11) is 0. The maximum Gasteiger partial charge on any atom is 0.339 e. The van der Waals surface area contributed by atoms with Gasteiger partial charge >= 0.3 is 11.9 Å². The first kappa shape index (κ1) is 22.7. The summed E-state index contributed by atoms with van der Waals surface area (Å²) < 4.78 is 11.0. The highest BCUT2D eigenvalue weighted by molar-refractivity contribution is 6.03. The Morgan fingerprint density at radius 1 is 0.862 bits per heavy atom. The lowest BCUT2D eigenvalue weighted by atomic mass is 9.91. The molecule has 4 nitrogen and oxygen atoms in total. The Morgan fingerprint density at radius 3 is 2.03 bits per heavy atom. The van der Waals surface area contributed by atoms with Crippen molar-refractivity contribution in [2.24, 2.45) is 11.8 Å². The molecule has 156 valence electrons. The highest BCUT2D eigenvalue weighted by atomic mass is 16.5. The van der Waals surface area contributed by atoms with Crippen molar-refractivity contribution in [3.05, 3.63) is 71.3 Å². The molecule has 0 aliphatic heterocycles. The van der Waals surface area contributed by atoms with Crippen LogP contribution in [-0.2, 0) is 16.1 Å². The molecular weight excluding hydrogens is 364 g/mol. The van der Waals surface area contributed by atoms with Crippen molar-refractivity contribution >= 4 is 11.9 Å². The molecule has 0 aromatic heterocycles. The van der Waals surface area contributed by atoms with Crippen molar-refractivity contribution in [2.75, 3.05) is 6.61 Å². The summed E-state index contributed by atoms with van der Waals surface area (Å²) in [5.41, 5.74) is 1.39. The lowest BCUT2D eigenvalue weighted by molar-refractivity contribution is 0.0388. The topological polar surface area (TPSA) is 52.6 Å². The van der Waals surface area contributed by atoms with E-state index in [2.05, 4.69) is 20.8 Å². The van der Waals surface area contributed by atoms with Crippen molar-refractivity contribution in [2.45, 2.75) is 53.1 Å². The number of hydrogen-bond donors (Lipinski definition) is 0. The SMILES string of the molecule is CCCC(COC(=O)c1ccccc1C(=O)OCc1ccccc1)CC(C)CC. The van der Waals surface area contributed by atoms with E-state index >= 15 is 0 Å². The lowest BCUT2D eigenvalue weighted by Gasteiger charge is -2.20. The Balaban J connectivity index is 2.00. The Kier molecular flexibility index (Phi) is 9.42. The van der Waals surface area contributed by atoms with Gasteiger partial charge in [-0.25, -0.2) is 9.59 Å². The van der Waals surface area contributed by atoms with Crippen LogP contribution in [0.2, 0.25) is 0 Å². The number of carbonyl (C=O) groups is 2. The highest BCUT2D eigenvalue weighted by Crippen LogP contribution is 2.21. The third-order valence-corrected chi connectivity index (χ3v) is 5.16. The first-order chi connectivity index (χ1) is 14.0. The van der Waals surface area contributed by atoms with E-state index in [0.717, 1.165) is 31.2 Å². The molecule has 0 saturated carbocycles. The molecule has 0 heterocycles. The summed E-state index contributed by atoms with van der Waals surface area (Å²) in [5, 5.41) is 0. The van der Waals surface area contributed by atoms with E-state index in [1.807, 2.05) is 30.3 Å². The Bertz CT molecular complexity index is 769. The molecule has 0 fully saturated rings. The molecule has 2 aromatic rings.